The van der Waals surface area contributed by atoms with Gasteiger partial charge in [-0.25, -0.2) is 15.0 Å². The Hall–Kier alpha value is -3.47. The molecule has 3 aromatic rings. The second kappa shape index (κ2) is 8.47. The molecule has 3 aromatic heterocycles. The van der Waals surface area contributed by atoms with Crippen LogP contribution in [0.1, 0.15) is 42.5 Å². The van der Waals surface area contributed by atoms with E-state index in [-0.39, 0.29) is 18.7 Å². The van der Waals surface area contributed by atoms with E-state index in [1.54, 1.807) is 22.9 Å². The van der Waals surface area contributed by atoms with Gasteiger partial charge in [0.1, 0.15) is 29.4 Å². The van der Waals surface area contributed by atoms with Gasteiger partial charge in [0.2, 0.25) is 0 Å². The summed E-state index contributed by atoms with van der Waals surface area (Å²) in [5, 5.41) is 23.0. The van der Waals surface area contributed by atoms with Gasteiger partial charge in [-0.05, 0) is 62.4 Å². The monoisotopic (exact) mass is 461 g/mol. The number of nitrogens with one attached hydrogen (secondary N) is 1. The summed E-state index contributed by atoms with van der Waals surface area (Å²) in [5.41, 5.74) is -0.823. The Labute approximate surface area is 187 Å². The Morgan fingerprint density at radius 1 is 1.18 bits per heavy atom. The normalized spacial score (nSPS) is 21.1. The molecular formula is C22H22F3N5O3. The fourth-order valence-corrected chi connectivity index (χ4v) is 3.94. The highest BCUT2D eigenvalue weighted by Crippen LogP contribution is 2.39. The van der Waals surface area contributed by atoms with Crippen LogP contribution in [0.5, 0.6) is 0 Å². The molecule has 0 aliphatic heterocycles. The van der Waals surface area contributed by atoms with Crippen molar-refractivity contribution in [2.45, 2.75) is 44.4 Å². The molecule has 1 aliphatic rings. The number of halogens is 3. The zero-order chi connectivity index (χ0) is 23.8. The van der Waals surface area contributed by atoms with E-state index in [1.807, 2.05) is 6.92 Å². The van der Waals surface area contributed by atoms with Crippen LogP contribution in [0.15, 0.2) is 43.0 Å². The van der Waals surface area contributed by atoms with Crippen molar-refractivity contribution < 1.29 is 28.2 Å². The van der Waals surface area contributed by atoms with Gasteiger partial charge < -0.3 is 15.5 Å². The van der Waals surface area contributed by atoms with Gasteiger partial charge in [-0.1, -0.05) is 0 Å². The molecule has 8 nitrogen and oxygen atoms in total. The summed E-state index contributed by atoms with van der Waals surface area (Å²) >= 11 is 0. The Bertz CT molecular complexity index is 1170. The van der Waals surface area contributed by atoms with Crippen molar-refractivity contribution in [3.8, 4) is 5.82 Å². The maximum absolute atomic E-state index is 13.0. The first-order valence-electron chi connectivity index (χ1n) is 10.3. The topological polar surface area (TPSA) is 113 Å². The van der Waals surface area contributed by atoms with Crippen molar-refractivity contribution in [3.05, 3.63) is 59.8 Å². The molecule has 3 heterocycles. The molecule has 4 rings (SSSR count). The van der Waals surface area contributed by atoms with Gasteiger partial charge in [-0.2, -0.15) is 13.2 Å². The lowest BCUT2D eigenvalue weighted by molar-refractivity contribution is -0.145. The summed E-state index contributed by atoms with van der Waals surface area (Å²) in [5.74, 6) is -0.575. The minimum absolute atomic E-state index is 0.00435. The highest BCUT2D eigenvalue weighted by molar-refractivity contribution is 5.70. The maximum atomic E-state index is 13.0. The third-order valence-electron chi connectivity index (χ3n) is 5.79. The van der Waals surface area contributed by atoms with Gasteiger partial charge in [0.05, 0.1) is 17.2 Å². The van der Waals surface area contributed by atoms with E-state index in [0.717, 1.165) is 23.9 Å². The Balaban J connectivity index is 1.56. The van der Waals surface area contributed by atoms with Crippen LogP contribution in [-0.4, -0.2) is 35.7 Å². The van der Waals surface area contributed by atoms with Gasteiger partial charge >= 0.3 is 12.1 Å². The molecule has 0 radical (unpaired) electrons. The lowest BCUT2D eigenvalue weighted by atomic mass is 9.77. The minimum Gasteiger partial charge on any atom is -0.481 e. The van der Waals surface area contributed by atoms with E-state index in [9.17, 15) is 23.1 Å². The number of hydrogen-bond donors (Lipinski definition) is 3. The highest BCUT2D eigenvalue weighted by Gasteiger charge is 2.38. The molecule has 174 valence electrons. The van der Waals surface area contributed by atoms with Gasteiger partial charge in [-0.15, -0.1) is 0 Å². The van der Waals surface area contributed by atoms with E-state index in [1.165, 1.54) is 6.33 Å². The highest BCUT2D eigenvalue weighted by atomic mass is 19.4. The number of carbonyl (C=O) groups is 1. The molecule has 11 heteroatoms. The fourth-order valence-electron chi connectivity index (χ4n) is 3.94. The van der Waals surface area contributed by atoms with Crippen molar-refractivity contribution in [2.75, 3.05) is 5.32 Å². The van der Waals surface area contributed by atoms with Gasteiger partial charge in [0, 0.05) is 12.4 Å². The number of pyridine rings is 2. The van der Waals surface area contributed by atoms with Crippen LogP contribution in [-0.2, 0) is 16.6 Å². The number of aromatic nitrogens is 4. The number of alkyl halides is 3. The summed E-state index contributed by atoms with van der Waals surface area (Å²) in [7, 11) is 0. The molecule has 1 saturated carbocycles. The second-order valence-corrected chi connectivity index (χ2v) is 8.25. The van der Waals surface area contributed by atoms with Crippen LogP contribution in [0.3, 0.4) is 0 Å². The first-order valence-corrected chi connectivity index (χ1v) is 10.3. The molecule has 0 amide bonds. The SMILES string of the molecule is Cc1cc(Nc2cc(C(F)(F)F)ccn2)nc(-n2cnc(C3(O)CCC(C(=O)O)CC3)c2)c1. The smallest absolute Gasteiger partial charge is 0.416 e. The number of imidazole rings is 1. The number of aryl methyl sites for hydroxylation is 1. The summed E-state index contributed by atoms with van der Waals surface area (Å²) in [6, 6.07) is 5.23. The zero-order valence-corrected chi connectivity index (χ0v) is 17.7. The molecule has 0 unspecified atom stereocenters. The van der Waals surface area contributed by atoms with Gasteiger partial charge in [0.15, 0.2) is 0 Å². The summed E-state index contributed by atoms with van der Waals surface area (Å²) in [6.07, 6.45) is 1.01. The average Bonchev–Trinajstić information content (AvgIpc) is 3.25. The number of carboxylic acids is 1. The molecule has 3 N–H and O–H groups in total. The molecule has 0 spiro atoms. The van der Waals surface area contributed by atoms with Crippen molar-refractivity contribution in [1.82, 2.24) is 19.5 Å². The summed E-state index contributed by atoms with van der Waals surface area (Å²) in [6.45, 7) is 1.81. The van der Waals surface area contributed by atoms with Crippen molar-refractivity contribution >= 4 is 17.6 Å². The van der Waals surface area contributed by atoms with E-state index in [2.05, 4.69) is 20.3 Å². The zero-order valence-electron chi connectivity index (χ0n) is 17.7. The number of carboxylic acid groups (broad SMARTS) is 1. The molecule has 0 bridgehead atoms. The lowest BCUT2D eigenvalue weighted by Crippen LogP contribution is -2.34. The van der Waals surface area contributed by atoms with Crippen molar-refractivity contribution in [2.24, 2.45) is 5.92 Å². The fraction of sp³-hybridized carbons (Fsp3) is 0.364. The number of rotatable bonds is 5. The van der Waals surface area contributed by atoms with Crippen LogP contribution in [0.2, 0.25) is 0 Å². The van der Waals surface area contributed by atoms with E-state index in [0.29, 0.717) is 30.2 Å². The number of aliphatic hydroxyl groups is 1. The molecular weight excluding hydrogens is 439 g/mol. The average molecular weight is 461 g/mol. The number of aliphatic carboxylic acids is 1. The third kappa shape index (κ3) is 4.98. The molecule has 0 atom stereocenters. The minimum atomic E-state index is -4.48. The molecule has 1 aliphatic carbocycles. The van der Waals surface area contributed by atoms with Crippen LogP contribution >= 0.6 is 0 Å². The Morgan fingerprint density at radius 2 is 1.91 bits per heavy atom. The largest absolute Gasteiger partial charge is 0.481 e. The Kier molecular flexibility index (Phi) is 5.83. The summed E-state index contributed by atoms with van der Waals surface area (Å²) in [4.78, 5) is 23.9. The van der Waals surface area contributed by atoms with E-state index >= 15 is 0 Å². The predicted molar refractivity (Wildman–Crippen MR) is 112 cm³/mol. The number of anilines is 2. The molecule has 0 aromatic carbocycles. The van der Waals surface area contributed by atoms with E-state index in [4.69, 9.17) is 5.11 Å². The van der Waals surface area contributed by atoms with E-state index < -0.39 is 29.2 Å². The standard InChI is InChI=1S/C22H22F3N5O3/c1-13-8-18(28-17-10-15(4-7-26-17)22(23,24)25)29-19(9-13)30-11-16(27-12-30)21(33)5-2-14(3-6-21)20(31)32/h4,7-12,14,33H,2-3,5-6H2,1H3,(H,31,32)(H,26,28,29). The summed E-state index contributed by atoms with van der Waals surface area (Å²) < 4.78 is 40.5. The number of hydrogen-bond acceptors (Lipinski definition) is 6. The van der Waals surface area contributed by atoms with Gasteiger partial charge in [0.25, 0.3) is 0 Å². The van der Waals surface area contributed by atoms with Crippen LogP contribution in [0, 0.1) is 12.8 Å². The van der Waals surface area contributed by atoms with Crippen LogP contribution < -0.4 is 5.32 Å². The molecule has 1 fully saturated rings. The Morgan fingerprint density at radius 3 is 2.58 bits per heavy atom. The van der Waals surface area contributed by atoms with Crippen LogP contribution in [0.4, 0.5) is 24.8 Å². The second-order valence-electron chi connectivity index (χ2n) is 8.25. The molecule has 33 heavy (non-hydrogen) atoms. The number of nitrogens with zero attached hydrogens (tertiary/aromatic N) is 4. The predicted octanol–water partition coefficient (Wildman–Crippen LogP) is 4.20. The quantitative estimate of drug-likeness (QED) is 0.522. The van der Waals surface area contributed by atoms with Gasteiger partial charge in [-0.3, -0.25) is 9.36 Å². The van der Waals surface area contributed by atoms with Crippen LogP contribution in [0.25, 0.3) is 5.82 Å². The third-order valence-corrected chi connectivity index (χ3v) is 5.79. The molecule has 0 saturated heterocycles. The first-order chi connectivity index (χ1) is 15.5. The van der Waals surface area contributed by atoms with Crippen molar-refractivity contribution in [3.63, 3.8) is 0 Å². The lowest BCUT2D eigenvalue weighted by Gasteiger charge is -2.33. The van der Waals surface area contributed by atoms with Crippen molar-refractivity contribution in [1.29, 1.82) is 0 Å². The maximum Gasteiger partial charge on any atom is 0.416 e. The first kappa shape index (κ1) is 22.7.